The topological polar surface area (TPSA) is 76.1 Å². The summed E-state index contributed by atoms with van der Waals surface area (Å²) in [6.45, 7) is 0.526. The van der Waals surface area contributed by atoms with Gasteiger partial charge in [-0.1, -0.05) is 41.9 Å². The Kier molecular flexibility index (Phi) is 6.22. The first-order chi connectivity index (χ1) is 13.2. The second kappa shape index (κ2) is 9.00. The van der Waals surface area contributed by atoms with Crippen LogP contribution in [0.25, 0.3) is 0 Å². The van der Waals surface area contributed by atoms with E-state index in [1.165, 1.54) is 6.33 Å². The number of methoxy groups -OCH3 is 1. The van der Waals surface area contributed by atoms with Crippen LogP contribution >= 0.6 is 11.6 Å². The molecule has 0 atom stereocenters. The molecule has 0 bridgehead atoms. The molecule has 2 N–H and O–H groups in total. The lowest BCUT2D eigenvalue weighted by Gasteiger charge is -2.11. The van der Waals surface area contributed by atoms with Gasteiger partial charge in [0, 0.05) is 17.6 Å². The molecule has 7 heteroatoms. The first-order valence-corrected chi connectivity index (χ1v) is 8.78. The van der Waals surface area contributed by atoms with Gasteiger partial charge in [-0.15, -0.1) is 0 Å². The highest BCUT2D eigenvalue weighted by molar-refractivity contribution is 6.31. The van der Waals surface area contributed by atoms with Crippen LogP contribution in [0.4, 0.5) is 11.5 Å². The summed E-state index contributed by atoms with van der Waals surface area (Å²) in [4.78, 5) is 20.5. The fraction of sp³-hybridized carbons (Fsp3) is 0.150. The number of ether oxygens (including phenoxy) is 1. The summed E-state index contributed by atoms with van der Waals surface area (Å²) >= 11 is 6.04. The summed E-state index contributed by atoms with van der Waals surface area (Å²) in [5.41, 5.74) is 2.09. The average Bonchev–Trinajstić information content (AvgIpc) is 2.69. The maximum Gasteiger partial charge on any atom is 0.270 e. The van der Waals surface area contributed by atoms with Gasteiger partial charge in [0.1, 0.15) is 23.6 Å². The zero-order valence-corrected chi connectivity index (χ0v) is 15.5. The number of rotatable bonds is 7. The van der Waals surface area contributed by atoms with E-state index < -0.39 is 0 Å². The van der Waals surface area contributed by atoms with Crippen molar-refractivity contribution in [3.8, 4) is 5.75 Å². The normalized spacial score (nSPS) is 10.3. The van der Waals surface area contributed by atoms with Crippen LogP contribution in [0.1, 0.15) is 16.1 Å². The van der Waals surface area contributed by atoms with Gasteiger partial charge in [0.05, 0.1) is 12.8 Å². The standard InChI is InChI=1S/C20H19ClN4O2/c1-27-18-8-7-15(21)11-16(18)25-19-12-17(23-13-24-19)20(26)22-10-9-14-5-3-2-4-6-14/h2-8,11-13H,9-10H2,1H3,(H,22,26)(H,23,24,25). The molecular weight excluding hydrogens is 364 g/mol. The number of nitrogens with zero attached hydrogens (tertiary/aromatic N) is 2. The molecule has 0 aliphatic heterocycles. The van der Waals surface area contributed by atoms with Gasteiger partial charge >= 0.3 is 0 Å². The lowest BCUT2D eigenvalue weighted by molar-refractivity contribution is 0.0949. The molecule has 27 heavy (non-hydrogen) atoms. The number of aromatic nitrogens is 2. The summed E-state index contributed by atoms with van der Waals surface area (Å²) in [5.74, 6) is 0.833. The minimum Gasteiger partial charge on any atom is -0.495 e. The molecule has 0 saturated heterocycles. The van der Waals surface area contributed by atoms with Crippen LogP contribution in [0.2, 0.25) is 5.02 Å². The van der Waals surface area contributed by atoms with Crippen molar-refractivity contribution >= 4 is 29.0 Å². The molecule has 1 amide bonds. The van der Waals surface area contributed by atoms with E-state index in [4.69, 9.17) is 16.3 Å². The molecule has 0 radical (unpaired) electrons. The molecule has 0 aliphatic carbocycles. The van der Waals surface area contributed by atoms with Crippen molar-refractivity contribution in [3.63, 3.8) is 0 Å². The Labute approximate surface area is 162 Å². The summed E-state index contributed by atoms with van der Waals surface area (Å²) in [6, 6.07) is 16.8. The number of halogens is 1. The van der Waals surface area contributed by atoms with Gasteiger partial charge in [-0.2, -0.15) is 0 Å². The third kappa shape index (κ3) is 5.18. The van der Waals surface area contributed by atoms with E-state index in [9.17, 15) is 4.79 Å². The van der Waals surface area contributed by atoms with Crippen molar-refractivity contribution in [1.29, 1.82) is 0 Å². The Balaban J connectivity index is 1.64. The Bertz CT molecular complexity index is 919. The summed E-state index contributed by atoms with van der Waals surface area (Å²) < 4.78 is 5.30. The van der Waals surface area contributed by atoms with E-state index in [1.807, 2.05) is 30.3 Å². The van der Waals surface area contributed by atoms with E-state index in [0.29, 0.717) is 28.8 Å². The van der Waals surface area contributed by atoms with Crippen LogP contribution in [0, 0.1) is 0 Å². The number of anilines is 2. The van der Waals surface area contributed by atoms with Crippen molar-refractivity contribution in [1.82, 2.24) is 15.3 Å². The molecule has 3 rings (SSSR count). The number of benzene rings is 2. The molecule has 1 heterocycles. The Morgan fingerprint density at radius 1 is 1.11 bits per heavy atom. The summed E-state index contributed by atoms with van der Waals surface area (Å²) in [7, 11) is 1.57. The Morgan fingerprint density at radius 3 is 2.70 bits per heavy atom. The minimum atomic E-state index is -0.255. The number of amides is 1. The fourth-order valence-electron chi connectivity index (χ4n) is 2.52. The SMILES string of the molecule is COc1ccc(Cl)cc1Nc1cc(C(=O)NCCc2ccccc2)ncn1. The number of nitrogens with one attached hydrogen (secondary N) is 2. The van der Waals surface area contributed by atoms with Gasteiger partial charge < -0.3 is 15.4 Å². The number of carbonyl (C=O) groups excluding carboxylic acids is 1. The Morgan fingerprint density at radius 2 is 1.93 bits per heavy atom. The maximum atomic E-state index is 12.3. The van der Waals surface area contributed by atoms with Crippen molar-refractivity contribution in [3.05, 3.63) is 77.2 Å². The van der Waals surface area contributed by atoms with Crippen molar-refractivity contribution in [2.24, 2.45) is 0 Å². The molecular formula is C20H19ClN4O2. The van der Waals surface area contributed by atoms with Crippen LogP contribution < -0.4 is 15.4 Å². The van der Waals surface area contributed by atoms with Crippen LogP contribution in [0.5, 0.6) is 5.75 Å². The van der Waals surface area contributed by atoms with E-state index >= 15 is 0 Å². The van der Waals surface area contributed by atoms with Gasteiger partial charge in [0.2, 0.25) is 0 Å². The zero-order chi connectivity index (χ0) is 19.1. The van der Waals surface area contributed by atoms with Crippen LogP contribution in [0.15, 0.2) is 60.9 Å². The molecule has 0 fully saturated rings. The lowest BCUT2D eigenvalue weighted by Crippen LogP contribution is -2.26. The quantitative estimate of drug-likeness (QED) is 0.649. The van der Waals surface area contributed by atoms with Crippen LogP contribution in [0.3, 0.4) is 0 Å². The largest absolute Gasteiger partial charge is 0.495 e. The second-order valence-electron chi connectivity index (χ2n) is 5.75. The molecule has 0 spiro atoms. The third-order valence-corrected chi connectivity index (χ3v) is 4.10. The van der Waals surface area contributed by atoms with Crippen LogP contribution in [-0.2, 0) is 6.42 Å². The highest BCUT2D eigenvalue weighted by atomic mass is 35.5. The molecule has 6 nitrogen and oxygen atoms in total. The highest BCUT2D eigenvalue weighted by Crippen LogP contribution is 2.29. The zero-order valence-electron chi connectivity index (χ0n) is 14.8. The van der Waals surface area contributed by atoms with Gasteiger partial charge in [-0.05, 0) is 30.2 Å². The molecule has 0 saturated carbocycles. The van der Waals surface area contributed by atoms with Gasteiger partial charge in [0.25, 0.3) is 5.91 Å². The maximum absolute atomic E-state index is 12.3. The highest BCUT2D eigenvalue weighted by Gasteiger charge is 2.10. The van der Waals surface area contributed by atoms with Crippen molar-refractivity contribution in [2.45, 2.75) is 6.42 Å². The van der Waals surface area contributed by atoms with E-state index in [1.54, 1.807) is 31.4 Å². The lowest BCUT2D eigenvalue weighted by atomic mass is 10.1. The molecule has 138 valence electrons. The number of hydrogen-bond acceptors (Lipinski definition) is 5. The first-order valence-electron chi connectivity index (χ1n) is 8.40. The third-order valence-electron chi connectivity index (χ3n) is 3.87. The molecule has 0 unspecified atom stereocenters. The Hall–Kier alpha value is -3.12. The molecule has 1 aromatic heterocycles. The minimum absolute atomic E-state index is 0.255. The van der Waals surface area contributed by atoms with E-state index in [-0.39, 0.29) is 11.6 Å². The van der Waals surface area contributed by atoms with Crippen molar-refractivity contribution < 1.29 is 9.53 Å². The predicted molar refractivity (Wildman–Crippen MR) is 106 cm³/mol. The smallest absolute Gasteiger partial charge is 0.270 e. The number of hydrogen-bond donors (Lipinski definition) is 2. The second-order valence-corrected chi connectivity index (χ2v) is 6.19. The molecule has 3 aromatic rings. The van der Waals surface area contributed by atoms with Gasteiger partial charge in [-0.3, -0.25) is 4.79 Å². The average molecular weight is 383 g/mol. The number of carbonyl (C=O) groups is 1. The van der Waals surface area contributed by atoms with Gasteiger partial charge in [0.15, 0.2) is 0 Å². The van der Waals surface area contributed by atoms with E-state index in [0.717, 1.165) is 12.0 Å². The predicted octanol–water partition coefficient (Wildman–Crippen LogP) is 3.85. The first kappa shape index (κ1) is 18.7. The fourth-order valence-corrected chi connectivity index (χ4v) is 2.69. The van der Waals surface area contributed by atoms with Crippen LogP contribution in [-0.4, -0.2) is 29.5 Å². The van der Waals surface area contributed by atoms with Gasteiger partial charge in [-0.25, -0.2) is 9.97 Å². The molecule has 0 aliphatic rings. The van der Waals surface area contributed by atoms with Crippen molar-refractivity contribution in [2.75, 3.05) is 19.0 Å². The summed E-state index contributed by atoms with van der Waals surface area (Å²) in [6.07, 6.45) is 2.09. The monoisotopic (exact) mass is 382 g/mol. The molecule has 2 aromatic carbocycles. The summed E-state index contributed by atoms with van der Waals surface area (Å²) in [5, 5.41) is 6.53. The van der Waals surface area contributed by atoms with E-state index in [2.05, 4.69) is 20.6 Å².